The van der Waals surface area contributed by atoms with Crippen LogP contribution in [-0.2, 0) is 16.1 Å². The van der Waals surface area contributed by atoms with Crippen molar-refractivity contribution < 1.29 is 14.6 Å². The molecule has 1 unspecified atom stereocenters. The van der Waals surface area contributed by atoms with Gasteiger partial charge < -0.3 is 9.84 Å². The van der Waals surface area contributed by atoms with Gasteiger partial charge in [0.25, 0.3) is 0 Å². The largest absolute Gasteiger partial charge is 0.459 e. The number of carbonyl (C=O) groups is 1. The molecular formula is C21H41NO3. The summed E-state index contributed by atoms with van der Waals surface area (Å²) in [6.45, 7) is 19.7. The Morgan fingerprint density at radius 2 is 1.48 bits per heavy atom. The highest BCUT2D eigenvalue weighted by molar-refractivity contribution is 5.76. The first-order chi connectivity index (χ1) is 11.8. The number of aliphatic hydroxyl groups excluding tert-OH is 1. The number of hydrogen-bond donors (Lipinski definition) is 2. The minimum absolute atomic E-state index is 0.277. The number of carbonyl (C=O) groups excluding carboxylic acids is 1. The van der Waals surface area contributed by atoms with E-state index in [1.807, 2.05) is 72.7 Å². The molecule has 25 heavy (non-hydrogen) atoms. The lowest BCUT2D eigenvalue weighted by Crippen LogP contribution is -2.43. The van der Waals surface area contributed by atoms with E-state index in [1.54, 1.807) is 20.8 Å². The molecule has 1 aromatic carbocycles. The molecule has 2 N–H and O–H groups in total. The van der Waals surface area contributed by atoms with E-state index in [2.05, 4.69) is 5.32 Å². The maximum atomic E-state index is 11.8. The molecule has 1 aromatic rings. The highest BCUT2D eigenvalue weighted by Gasteiger charge is 2.24. The Morgan fingerprint density at radius 3 is 1.84 bits per heavy atom. The van der Waals surface area contributed by atoms with Crippen LogP contribution in [-0.4, -0.2) is 29.3 Å². The van der Waals surface area contributed by atoms with Crippen LogP contribution in [0.15, 0.2) is 24.3 Å². The third-order valence-electron chi connectivity index (χ3n) is 2.55. The monoisotopic (exact) mass is 355 g/mol. The molecule has 0 heterocycles. The summed E-state index contributed by atoms with van der Waals surface area (Å²) in [5.41, 5.74) is 1.71. The summed E-state index contributed by atoms with van der Waals surface area (Å²) < 4.78 is 5.24. The van der Waals surface area contributed by atoms with Crippen molar-refractivity contribution >= 4 is 5.97 Å². The molecule has 148 valence electrons. The fourth-order valence-electron chi connectivity index (χ4n) is 1.54. The lowest BCUT2D eigenvalue weighted by Gasteiger charge is -2.23. The van der Waals surface area contributed by atoms with Crippen LogP contribution in [0.4, 0.5) is 0 Å². The van der Waals surface area contributed by atoms with E-state index in [0.717, 1.165) is 5.56 Å². The minimum Gasteiger partial charge on any atom is -0.459 e. The summed E-state index contributed by atoms with van der Waals surface area (Å²) in [5, 5.41) is 12.3. The SMILES string of the molecule is CC.CC.CC.Cc1ccc(CNC(CO)C(=O)OC(C)(C)C)cc1. The molecule has 0 amide bonds. The number of nitrogens with one attached hydrogen (secondary N) is 1. The van der Waals surface area contributed by atoms with Crippen LogP contribution in [0.2, 0.25) is 0 Å². The summed E-state index contributed by atoms with van der Waals surface area (Å²) in [4.78, 5) is 11.8. The van der Waals surface area contributed by atoms with Crippen molar-refractivity contribution in [1.29, 1.82) is 0 Å². The Labute approximate surface area is 156 Å². The van der Waals surface area contributed by atoms with Gasteiger partial charge in [0.05, 0.1) is 6.61 Å². The fourth-order valence-corrected chi connectivity index (χ4v) is 1.54. The Morgan fingerprint density at radius 1 is 1.04 bits per heavy atom. The van der Waals surface area contributed by atoms with Gasteiger partial charge in [0.15, 0.2) is 0 Å². The van der Waals surface area contributed by atoms with Crippen LogP contribution in [0.5, 0.6) is 0 Å². The van der Waals surface area contributed by atoms with Crippen molar-refractivity contribution in [2.24, 2.45) is 0 Å². The van der Waals surface area contributed by atoms with Gasteiger partial charge >= 0.3 is 5.97 Å². The molecule has 0 saturated heterocycles. The van der Waals surface area contributed by atoms with E-state index in [-0.39, 0.29) is 6.61 Å². The molecule has 0 aliphatic rings. The van der Waals surface area contributed by atoms with E-state index in [4.69, 9.17) is 4.74 Å². The second kappa shape index (κ2) is 17.4. The Kier molecular flexibility index (Phi) is 19.8. The van der Waals surface area contributed by atoms with Gasteiger partial charge in [0.1, 0.15) is 11.6 Å². The summed E-state index contributed by atoms with van der Waals surface area (Å²) in [6.07, 6.45) is 0. The van der Waals surface area contributed by atoms with Crippen LogP contribution in [0.25, 0.3) is 0 Å². The first-order valence-corrected chi connectivity index (χ1v) is 9.44. The molecule has 0 spiro atoms. The first-order valence-electron chi connectivity index (χ1n) is 9.44. The van der Waals surface area contributed by atoms with Crippen LogP contribution in [0.3, 0.4) is 0 Å². The molecule has 0 aromatic heterocycles. The van der Waals surface area contributed by atoms with Crippen LogP contribution >= 0.6 is 0 Å². The number of benzene rings is 1. The molecular weight excluding hydrogens is 314 g/mol. The molecule has 1 rings (SSSR count). The van der Waals surface area contributed by atoms with Gasteiger partial charge in [-0.2, -0.15) is 0 Å². The third kappa shape index (κ3) is 15.9. The van der Waals surface area contributed by atoms with E-state index in [0.29, 0.717) is 6.54 Å². The van der Waals surface area contributed by atoms with Crippen molar-refractivity contribution in [3.05, 3.63) is 35.4 Å². The van der Waals surface area contributed by atoms with E-state index < -0.39 is 17.6 Å². The van der Waals surface area contributed by atoms with E-state index >= 15 is 0 Å². The van der Waals surface area contributed by atoms with Gasteiger partial charge in [-0.25, -0.2) is 0 Å². The van der Waals surface area contributed by atoms with Crippen molar-refractivity contribution in [3.63, 3.8) is 0 Å². The zero-order valence-electron chi connectivity index (χ0n) is 18.1. The van der Waals surface area contributed by atoms with Crippen LogP contribution in [0.1, 0.15) is 73.4 Å². The number of rotatable bonds is 5. The zero-order valence-corrected chi connectivity index (χ0v) is 18.1. The Hall–Kier alpha value is -1.39. The number of esters is 1. The molecule has 1 atom stereocenters. The summed E-state index contributed by atoms with van der Waals surface area (Å²) >= 11 is 0. The summed E-state index contributed by atoms with van der Waals surface area (Å²) in [5.74, 6) is -0.429. The molecule has 4 heteroatoms. The quantitative estimate of drug-likeness (QED) is 0.740. The summed E-state index contributed by atoms with van der Waals surface area (Å²) in [7, 11) is 0. The second-order valence-electron chi connectivity index (χ2n) is 5.64. The van der Waals surface area contributed by atoms with E-state index in [1.165, 1.54) is 5.56 Å². The van der Waals surface area contributed by atoms with Gasteiger partial charge in [0.2, 0.25) is 0 Å². The first kappa shape index (κ1) is 28.4. The number of hydrogen-bond acceptors (Lipinski definition) is 4. The molecule has 0 radical (unpaired) electrons. The van der Waals surface area contributed by atoms with Crippen molar-refractivity contribution in [2.75, 3.05) is 6.61 Å². The van der Waals surface area contributed by atoms with Crippen LogP contribution in [0, 0.1) is 6.92 Å². The highest BCUT2D eigenvalue weighted by Crippen LogP contribution is 2.09. The number of aryl methyl sites for hydroxylation is 1. The van der Waals surface area contributed by atoms with Gasteiger partial charge in [-0.1, -0.05) is 71.4 Å². The summed E-state index contributed by atoms with van der Waals surface area (Å²) in [6, 6.07) is 7.31. The smallest absolute Gasteiger partial charge is 0.326 e. The normalized spacial score (nSPS) is 10.7. The molecule has 0 aliphatic heterocycles. The second-order valence-corrected chi connectivity index (χ2v) is 5.64. The van der Waals surface area contributed by atoms with Gasteiger partial charge in [-0.3, -0.25) is 10.1 Å². The molecule has 0 saturated carbocycles. The predicted octanol–water partition coefficient (Wildman–Crippen LogP) is 4.87. The highest BCUT2D eigenvalue weighted by atomic mass is 16.6. The fraction of sp³-hybridized carbons (Fsp3) is 0.667. The van der Waals surface area contributed by atoms with E-state index in [9.17, 15) is 9.90 Å². The Balaban J connectivity index is -0.000000725. The van der Waals surface area contributed by atoms with Crippen molar-refractivity contribution in [3.8, 4) is 0 Å². The topological polar surface area (TPSA) is 58.6 Å². The van der Waals surface area contributed by atoms with Gasteiger partial charge in [-0.05, 0) is 33.3 Å². The van der Waals surface area contributed by atoms with Crippen LogP contribution < -0.4 is 5.32 Å². The van der Waals surface area contributed by atoms with Gasteiger partial charge in [0, 0.05) is 6.54 Å². The average Bonchev–Trinajstić information content (AvgIpc) is 2.61. The predicted molar refractivity (Wildman–Crippen MR) is 109 cm³/mol. The standard InChI is InChI=1S/C15H23NO3.3C2H6/c1-11-5-7-12(8-6-11)9-16-13(10-17)14(18)19-15(2,3)4;3*1-2/h5-8,13,16-17H,9-10H2,1-4H3;3*1-2H3. The maximum absolute atomic E-state index is 11.8. The van der Waals surface area contributed by atoms with Gasteiger partial charge in [-0.15, -0.1) is 0 Å². The molecule has 4 nitrogen and oxygen atoms in total. The Bertz CT molecular complexity index is 408. The lowest BCUT2D eigenvalue weighted by atomic mass is 10.1. The van der Waals surface area contributed by atoms with Crippen molar-refractivity contribution in [2.45, 2.75) is 87.4 Å². The molecule has 0 aliphatic carbocycles. The lowest BCUT2D eigenvalue weighted by molar-refractivity contribution is -0.158. The average molecular weight is 356 g/mol. The number of ether oxygens (including phenoxy) is 1. The molecule has 0 fully saturated rings. The third-order valence-corrected chi connectivity index (χ3v) is 2.55. The number of aliphatic hydroxyl groups is 1. The maximum Gasteiger partial charge on any atom is 0.326 e. The zero-order chi connectivity index (χ0) is 20.5. The molecule has 0 bridgehead atoms. The minimum atomic E-state index is -0.694. The van der Waals surface area contributed by atoms with Crippen molar-refractivity contribution in [1.82, 2.24) is 5.32 Å².